The fraction of sp³-hybridized carbons (Fsp3) is 0.125. The van der Waals surface area contributed by atoms with Crippen LogP contribution in [0.3, 0.4) is 0 Å². The second kappa shape index (κ2) is 10.1. The van der Waals surface area contributed by atoms with E-state index < -0.39 is 0 Å². The molecule has 0 bridgehead atoms. The van der Waals surface area contributed by atoms with E-state index in [1.165, 1.54) is 0 Å². The van der Waals surface area contributed by atoms with Crippen molar-refractivity contribution in [2.24, 2.45) is 0 Å². The maximum absolute atomic E-state index is 12.6. The molecule has 0 aliphatic heterocycles. The monoisotopic (exact) mass is 464 g/mol. The van der Waals surface area contributed by atoms with Crippen molar-refractivity contribution in [3.8, 4) is 34.3 Å². The van der Waals surface area contributed by atoms with Crippen LogP contribution < -0.4 is 19.5 Å². The van der Waals surface area contributed by atoms with Crippen LogP contribution in [0, 0.1) is 0 Å². The second-order valence-electron chi connectivity index (χ2n) is 6.85. The predicted molar refractivity (Wildman–Crippen MR) is 125 cm³/mol. The molecule has 2 heterocycles. The molecular weight excluding hydrogens is 444 g/mol. The number of rotatable bonds is 8. The average Bonchev–Trinajstić information content (AvgIpc) is 3.27. The summed E-state index contributed by atoms with van der Waals surface area (Å²) in [5.74, 6) is 2.22. The summed E-state index contributed by atoms with van der Waals surface area (Å²) >= 11 is 6.09. The Kier molecular flexibility index (Phi) is 6.75. The van der Waals surface area contributed by atoms with Gasteiger partial charge in [-0.2, -0.15) is 9.78 Å². The van der Waals surface area contributed by atoms with Crippen LogP contribution in [0.2, 0.25) is 5.02 Å². The van der Waals surface area contributed by atoms with Gasteiger partial charge in [-0.3, -0.25) is 4.79 Å². The highest BCUT2D eigenvalue weighted by atomic mass is 35.5. The third-order valence-electron chi connectivity index (χ3n) is 4.72. The van der Waals surface area contributed by atoms with E-state index >= 15 is 0 Å². The molecule has 0 aliphatic carbocycles. The number of hydrogen-bond acceptors (Lipinski definition) is 6. The number of hydrogen-bond donors (Lipinski definition) is 1. The van der Waals surface area contributed by atoms with Gasteiger partial charge < -0.3 is 19.5 Å². The Hall–Kier alpha value is -4.04. The first-order valence-electron chi connectivity index (χ1n) is 10.00. The first-order chi connectivity index (χ1) is 16.1. The van der Waals surface area contributed by atoms with Crippen molar-refractivity contribution < 1.29 is 19.0 Å². The number of ether oxygens (including phenoxy) is 3. The van der Waals surface area contributed by atoms with E-state index in [9.17, 15) is 4.79 Å². The highest BCUT2D eigenvalue weighted by Crippen LogP contribution is 2.33. The Morgan fingerprint density at radius 3 is 2.48 bits per heavy atom. The Morgan fingerprint density at radius 2 is 1.76 bits per heavy atom. The first-order valence-corrected chi connectivity index (χ1v) is 10.4. The third-order valence-corrected chi connectivity index (χ3v) is 5.03. The molecule has 1 N–H and O–H groups in total. The number of para-hydroxylation sites is 1. The van der Waals surface area contributed by atoms with Crippen molar-refractivity contribution in [2.45, 2.75) is 0 Å². The number of nitrogens with zero attached hydrogens (tertiary/aromatic N) is 3. The molecule has 0 saturated carbocycles. The fourth-order valence-electron chi connectivity index (χ4n) is 3.14. The molecule has 0 spiro atoms. The molecule has 0 saturated heterocycles. The van der Waals surface area contributed by atoms with E-state index in [4.69, 9.17) is 25.8 Å². The van der Waals surface area contributed by atoms with Crippen molar-refractivity contribution in [1.29, 1.82) is 0 Å². The number of amides is 1. The van der Waals surface area contributed by atoms with Gasteiger partial charge in [-0.15, -0.1) is 0 Å². The summed E-state index contributed by atoms with van der Waals surface area (Å²) in [5.41, 5.74) is 1.40. The van der Waals surface area contributed by atoms with Gasteiger partial charge in [0.15, 0.2) is 23.9 Å². The van der Waals surface area contributed by atoms with Gasteiger partial charge in [0.25, 0.3) is 5.91 Å². The van der Waals surface area contributed by atoms with Crippen LogP contribution >= 0.6 is 11.6 Å². The number of anilines is 1. The molecule has 9 heteroatoms. The normalized spacial score (nSPS) is 10.5. The zero-order valence-corrected chi connectivity index (χ0v) is 18.7. The molecule has 0 radical (unpaired) electrons. The van der Waals surface area contributed by atoms with Crippen molar-refractivity contribution in [1.82, 2.24) is 14.8 Å². The van der Waals surface area contributed by atoms with E-state index in [0.717, 1.165) is 5.56 Å². The van der Waals surface area contributed by atoms with Crippen LogP contribution in [0.4, 0.5) is 5.82 Å². The van der Waals surface area contributed by atoms with Crippen molar-refractivity contribution in [2.75, 3.05) is 26.1 Å². The van der Waals surface area contributed by atoms with Crippen LogP contribution in [-0.2, 0) is 4.79 Å². The number of carbonyl (C=O) groups is 1. The number of methoxy groups -OCH3 is 2. The largest absolute Gasteiger partial charge is 0.493 e. The highest BCUT2D eigenvalue weighted by Gasteiger charge is 2.16. The fourth-order valence-corrected chi connectivity index (χ4v) is 3.33. The maximum atomic E-state index is 12.6. The molecule has 1 amide bonds. The van der Waals surface area contributed by atoms with Gasteiger partial charge in [0.05, 0.1) is 24.9 Å². The smallest absolute Gasteiger partial charge is 0.263 e. The molecule has 2 aromatic carbocycles. The number of benzene rings is 2. The van der Waals surface area contributed by atoms with Crippen LogP contribution in [0.25, 0.3) is 17.1 Å². The van der Waals surface area contributed by atoms with Crippen molar-refractivity contribution in [3.63, 3.8) is 0 Å². The zero-order chi connectivity index (χ0) is 23.2. The molecule has 0 fully saturated rings. The summed E-state index contributed by atoms with van der Waals surface area (Å²) < 4.78 is 17.8. The molecule has 33 heavy (non-hydrogen) atoms. The molecule has 0 unspecified atom stereocenters. The van der Waals surface area contributed by atoms with Gasteiger partial charge in [-0.1, -0.05) is 29.8 Å². The second-order valence-corrected chi connectivity index (χ2v) is 7.26. The molecule has 8 nitrogen and oxygen atoms in total. The van der Waals surface area contributed by atoms with Gasteiger partial charge in [0, 0.05) is 17.8 Å². The molecule has 4 aromatic rings. The lowest BCUT2D eigenvalue weighted by Gasteiger charge is -2.10. The predicted octanol–water partition coefficient (Wildman–Crippen LogP) is 4.62. The minimum atomic E-state index is -0.370. The van der Waals surface area contributed by atoms with E-state index in [1.807, 2.05) is 18.2 Å². The molecule has 0 atom stereocenters. The van der Waals surface area contributed by atoms with Crippen molar-refractivity contribution in [3.05, 3.63) is 77.9 Å². The topological polar surface area (TPSA) is 87.5 Å². The summed E-state index contributed by atoms with van der Waals surface area (Å²) in [6.07, 6.45) is 1.65. The van der Waals surface area contributed by atoms with Crippen LogP contribution in [0.5, 0.6) is 17.2 Å². The van der Waals surface area contributed by atoms with E-state index in [2.05, 4.69) is 15.4 Å². The Labute approximate surface area is 195 Å². The van der Waals surface area contributed by atoms with Crippen molar-refractivity contribution >= 4 is 23.3 Å². The lowest BCUT2D eigenvalue weighted by atomic mass is 10.1. The molecule has 4 rings (SSSR count). The lowest BCUT2D eigenvalue weighted by molar-refractivity contribution is -0.118. The minimum absolute atomic E-state index is 0.219. The van der Waals surface area contributed by atoms with Crippen LogP contribution in [-0.4, -0.2) is 41.5 Å². The van der Waals surface area contributed by atoms with Crippen LogP contribution in [0.15, 0.2) is 72.9 Å². The summed E-state index contributed by atoms with van der Waals surface area (Å²) in [6, 6.07) is 19.6. The Morgan fingerprint density at radius 1 is 0.970 bits per heavy atom. The molecule has 2 aromatic heterocycles. The Bertz CT molecular complexity index is 1260. The number of nitrogens with one attached hydrogen (secondary N) is 1. The molecule has 0 aliphatic rings. The molecule has 168 valence electrons. The number of carbonyl (C=O) groups excluding carboxylic acids is 1. The SMILES string of the molecule is COc1ccc(-c2cc(NC(=O)COc3ccccc3Cl)n(-c3ccccn3)n2)cc1OC. The van der Waals surface area contributed by atoms with Gasteiger partial charge >= 0.3 is 0 Å². The minimum Gasteiger partial charge on any atom is -0.493 e. The average molecular weight is 465 g/mol. The number of halogens is 1. The highest BCUT2D eigenvalue weighted by molar-refractivity contribution is 6.32. The summed E-state index contributed by atoms with van der Waals surface area (Å²) in [6.45, 7) is -0.219. The first kappa shape index (κ1) is 22.2. The maximum Gasteiger partial charge on any atom is 0.263 e. The Balaban J connectivity index is 1.62. The van der Waals surface area contributed by atoms with E-state index in [0.29, 0.717) is 39.6 Å². The van der Waals surface area contributed by atoms with E-state index in [-0.39, 0.29) is 12.5 Å². The van der Waals surface area contributed by atoms with E-state index in [1.54, 1.807) is 73.6 Å². The van der Waals surface area contributed by atoms with Crippen LogP contribution in [0.1, 0.15) is 0 Å². The quantitative estimate of drug-likeness (QED) is 0.409. The summed E-state index contributed by atoms with van der Waals surface area (Å²) in [4.78, 5) is 17.0. The summed E-state index contributed by atoms with van der Waals surface area (Å²) in [5, 5.41) is 7.92. The lowest BCUT2D eigenvalue weighted by Crippen LogP contribution is -2.22. The zero-order valence-electron chi connectivity index (χ0n) is 18.0. The van der Waals surface area contributed by atoms with Gasteiger partial charge in [0.1, 0.15) is 11.6 Å². The van der Waals surface area contributed by atoms with Gasteiger partial charge in [-0.05, 0) is 42.5 Å². The standard InChI is InChI=1S/C24H21ClN4O4/c1-31-20-11-10-16(13-21(20)32-2)18-14-23(29(28-18)22-9-5-6-12-26-22)27-24(30)15-33-19-8-4-3-7-17(19)25/h3-14H,15H2,1-2H3,(H,27,30). The number of aromatic nitrogens is 3. The summed E-state index contributed by atoms with van der Waals surface area (Å²) in [7, 11) is 3.14. The van der Waals surface area contributed by atoms with Gasteiger partial charge in [0.2, 0.25) is 0 Å². The third kappa shape index (κ3) is 5.07. The number of pyridine rings is 1. The molecular formula is C24H21ClN4O4. The van der Waals surface area contributed by atoms with Gasteiger partial charge in [-0.25, -0.2) is 4.98 Å².